The topological polar surface area (TPSA) is 43.8 Å². The zero-order valence-electron chi connectivity index (χ0n) is 14.2. The summed E-state index contributed by atoms with van der Waals surface area (Å²) in [6.45, 7) is 6.08. The van der Waals surface area contributed by atoms with E-state index >= 15 is 0 Å². The molecule has 1 aromatic carbocycles. The number of likely N-dealkylation sites (N-methyl/N-ethyl adjacent to an activating group) is 1. The van der Waals surface area contributed by atoms with Crippen LogP contribution >= 0.6 is 11.6 Å². The normalized spacial score (nSPS) is 17.8. The maximum atomic E-state index is 12.3. The van der Waals surface area contributed by atoms with Crippen LogP contribution in [0.2, 0.25) is 5.02 Å². The van der Waals surface area contributed by atoms with Crippen LogP contribution < -0.4 is 0 Å². The third-order valence-electron chi connectivity index (χ3n) is 4.82. The van der Waals surface area contributed by atoms with E-state index in [9.17, 15) is 9.90 Å². The quantitative estimate of drug-likeness (QED) is 0.897. The van der Waals surface area contributed by atoms with Gasteiger partial charge in [0.15, 0.2) is 0 Å². The summed E-state index contributed by atoms with van der Waals surface area (Å²) in [4.78, 5) is 16.3. The van der Waals surface area contributed by atoms with Crippen molar-refractivity contribution in [2.45, 2.75) is 38.8 Å². The van der Waals surface area contributed by atoms with Crippen molar-refractivity contribution in [3.05, 3.63) is 34.9 Å². The third-order valence-corrected chi connectivity index (χ3v) is 5.07. The van der Waals surface area contributed by atoms with Gasteiger partial charge in [0.1, 0.15) is 0 Å². The van der Waals surface area contributed by atoms with Gasteiger partial charge in [0.2, 0.25) is 5.91 Å². The monoisotopic (exact) mass is 338 g/mol. The first-order valence-corrected chi connectivity index (χ1v) is 8.68. The highest BCUT2D eigenvalue weighted by Crippen LogP contribution is 2.31. The van der Waals surface area contributed by atoms with E-state index in [0.29, 0.717) is 17.6 Å². The molecule has 0 aromatic heterocycles. The Bertz CT molecular complexity index is 510. The average Bonchev–Trinajstić information content (AvgIpc) is 2.55. The Morgan fingerprint density at radius 1 is 1.30 bits per heavy atom. The van der Waals surface area contributed by atoms with Crippen molar-refractivity contribution < 1.29 is 9.90 Å². The Labute approximate surface area is 144 Å². The van der Waals surface area contributed by atoms with Crippen LogP contribution in [0.1, 0.15) is 38.4 Å². The molecule has 2 rings (SSSR count). The standard InChI is InChI=1S/C18H27ClN2O2/c1-13(2)20(3)12-17(22)21-10-8-15(9-11-21)18(23)14-4-6-16(19)7-5-14/h4-7,13,15,18,23H,8-12H2,1-3H3. The van der Waals surface area contributed by atoms with Crippen LogP contribution in [0.5, 0.6) is 0 Å². The Morgan fingerprint density at radius 2 is 1.87 bits per heavy atom. The molecule has 1 aromatic rings. The van der Waals surface area contributed by atoms with Crippen molar-refractivity contribution in [3.8, 4) is 0 Å². The molecule has 23 heavy (non-hydrogen) atoms. The van der Waals surface area contributed by atoms with Gasteiger partial charge in [-0.25, -0.2) is 0 Å². The van der Waals surface area contributed by atoms with Crippen molar-refractivity contribution >= 4 is 17.5 Å². The fraction of sp³-hybridized carbons (Fsp3) is 0.611. The molecule has 1 unspecified atom stereocenters. The number of likely N-dealkylation sites (tertiary alicyclic amines) is 1. The van der Waals surface area contributed by atoms with Crippen molar-refractivity contribution in [1.82, 2.24) is 9.80 Å². The van der Waals surface area contributed by atoms with E-state index in [4.69, 9.17) is 11.6 Å². The van der Waals surface area contributed by atoms with Gasteiger partial charge in [-0.15, -0.1) is 0 Å². The van der Waals surface area contributed by atoms with Gasteiger partial charge in [-0.1, -0.05) is 23.7 Å². The number of carbonyl (C=O) groups excluding carboxylic acids is 1. The van der Waals surface area contributed by atoms with Crippen LogP contribution in [0.15, 0.2) is 24.3 Å². The molecule has 1 saturated heterocycles. The first-order chi connectivity index (χ1) is 10.9. The molecule has 4 nitrogen and oxygen atoms in total. The Hall–Kier alpha value is -1.10. The number of rotatable bonds is 5. The van der Waals surface area contributed by atoms with E-state index in [1.807, 2.05) is 24.1 Å². The zero-order chi connectivity index (χ0) is 17.0. The van der Waals surface area contributed by atoms with Crippen LogP contribution in [0, 0.1) is 5.92 Å². The fourth-order valence-electron chi connectivity index (χ4n) is 2.89. The largest absolute Gasteiger partial charge is 0.388 e. The van der Waals surface area contributed by atoms with Crippen molar-refractivity contribution in [1.29, 1.82) is 0 Å². The van der Waals surface area contributed by atoms with Crippen LogP contribution in [-0.2, 0) is 4.79 Å². The number of halogens is 1. The number of hydrogen-bond acceptors (Lipinski definition) is 3. The highest BCUT2D eigenvalue weighted by molar-refractivity contribution is 6.30. The van der Waals surface area contributed by atoms with E-state index in [0.717, 1.165) is 31.5 Å². The number of amides is 1. The molecular weight excluding hydrogens is 312 g/mol. The van der Waals surface area contributed by atoms with Gasteiger partial charge >= 0.3 is 0 Å². The first-order valence-electron chi connectivity index (χ1n) is 8.30. The maximum Gasteiger partial charge on any atom is 0.236 e. The molecule has 0 radical (unpaired) electrons. The van der Waals surface area contributed by atoms with E-state index in [-0.39, 0.29) is 11.8 Å². The van der Waals surface area contributed by atoms with Crippen molar-refractivity contribution in [2.24, 2.45) is 5.92 Å². The van der Waals surface area contributed by atoms with Gasteiger partial charge in [0.05, 0.1) is 12.6 Å². The number of nitrogens with zero attached hydrogens (tertiary/aromatic N) is 2. The molecule has 1 amide bonds. The van der Waals surface area contributed by atoms with Crippen molar-refractivity contribution in [3.63, 3.8) is 0 Å². The van der Waals surface area contributed by atoms with Crippen LogP contribution in [-0.4, -0.2) is 53.5 Å². The van der Waals surface area contributed by atoms with E-state index in [2.05, 4.69) is 18.7 Å². The molecule has 5 heteroatoms. The Balaban J connectivity index is 1.85. The summed E-state index contributed by atoms with van der Waals surface area (Å²) in [7, 11) is 1.97. The van der Waals surface area contributed by atoms with Crippen LogP contribution in [0.3, 0.4) is 0 Å². The molecule has 1 heterocycles. The van der Waals surface area contributed by atoms with Crippen molar-refractivity contribution in [2.75, 3.05) is 26.7 Å². The second kappa shape index (κ2) is 8.13. The molecular formula is C18H27ClN2O2. The lowest BCUT2D eigenvalue weighted by Crippen LogP contribution is -2.45. The number of benzene rings is 1. The minimum absolute atomic E-state index is 0.181. The lowest BCUT2D eigenvalue weighted by atomic mass is 9.87. The third kappa shape index (κ3) is 4.93. The second-order valence-corrected chi connectivity index (χ2v) is 7.16. The van der Waals surface area contributed by atoms with Gasteiger partial charge in [-0.05, 0) is 57.4 Å². The molecule has 1 N–H and O–H groups in total. The maximum absolute atomic E-state index is 12.3. The molecule has 1 aliphatic rings. The molecule has 0 aliphatic carbocycles. The predicted octanol–water partition coefficient (Wildman–Crippen LogP) is 2.95. The van der Waals surface area contributed by atoms with Gasteiger partial charge < -0.3 is 10.0 Å². The smallest absolute Gasteiger partial charge is 0.236 e. The van der Waals surface area contributed by atoms with Gasteiger partial charge in [0.25, 0.3) is 0 Å². The molecule has 0 bridgehead atoms. The molecule has 1 atom stereocenters. The summed E-state index contributed by atoms with van der Waals surface area (Å²) < 4.78 is 0. The van der Waals surface area contributed by atoms with E-state index in [1.165, 1.54) is 0 Å². The summed E-state index contributed by atoms with van der Waals surface area (Å²) in [6.07, 6.45) is 1.19. The minimum atomic E-state index is -0.483. The minimum Gasteiger partial charge on any atom is -0.388 e. The zero-order valence-corrected chi connectivity index (χ0v) is 15.0. The summed E-state index contributed by atoms with van der Waals surface area (Å²) in [6, 6.07) is 7.73. The summed E-state index contributed by atoms with van der Waals surface area (Å²) in [5.74, 6) is 0.378. The summed E-state index contributed by atoms with van der Waals surface area (Å²) in [5.41, 5.74) is 0.902. The van der Waals surface area contributed by atoms with E-state index < -0.39 is 6.10 Å². The Kier molecular flexibility index (Phi) is 6.45. The first kappa shape index (κ1) is 18.2. The van der Waals surface area contributed by atoms with Gasteiger partial charge in [-0.3, -0.25) is 9.69 Å². The highest BCUT2D eigenvalue weighted by Gasteiger charge is 2.28. The molecule has 0 saturated carbocycles. The molecule has 128 valence electrons. The van der Waals surface area contributed by atoms with Crippen LogP contribution in [0.25, 0.3) is 0 Å². The highest BCUT2D eigenvalue weighted by atomic mass is 35.5. The summed E-state index contributed by atoms with van der Waals surface area (Å²) >= 11 is 5.89. The predicted molar refractivity (Wildman–Crippen MR) is 93.5 cm³/mol. The second-order valence-electron chi connectivity index (χ2n) is 6.72. The van der Waals surface area contributed by atoms with Gasteiger partial charge in [-0.2, -0.15) is 0 Å². The summed E-state index contributed by atoms with van der Waals surface area (Å²) in [5, 5.41) is 11.2. The SMILES string of the molecule is CC(C)N(C)CC(=O)N1CCC(C(O)c2ccc(Cl)cc2)CC1. The number of carbonyl (C=O) groups is 1. The lowest BCUT2D eigenvalue weighted by Gasteiger charge is -2.35. The number of piperidine rings is 1. The van der Waals surface area contributed by atoms with E-state index in [1.54, 1.807) is 12.1 Å². The number of aliphatic hydroxyl groups excluding tert-OH is 1. The Morgan fingerprint density at radius 3 is 2.39 bits per heavy atom. The van der Waals surface area contributed by atoms with Gasteiger partial charge in [0, 0.05) is 24.2 Å². The van der Waals surface area contributed by atoms with Crippen LogP contribution in [0.4, 0.5) is 0 Å². The fourth-order valence-corrected chi connectivity index (χ4v) is 3.02. The number of hydrogen-bond donors (Lipinski definition) is 1. The lowest BCUT2D eigenvalue weighted by molar-refractivity contribution is -0.134. The number of aliphatic hydroxyl groups is 1. The average molecular weight is 339 g/mol. The molecule has 1 fully saturated rings. The molecule has 0 spiro atoms. The molecule has 1 aliphatic heterocycles.